The summed E-state index contributed by atoms with van der Waals surface area (Å²) in [7, 11) is 4.56. The van der Waals surface area contributed by atoms with Gasteiger partial charge in [-0.1, -0.05) is 27.7 Å². The van der Waals surface area contributed by atoms with Gasteiger partial charge in [-0.3, -0.25) is 0 Å². The third-order valence-corrected chi connectivity index (χ3v) is 4.24. The highest BCUT2D eigenvalue weighted by molar-refractivity contribution is 4.83. The van der Waals surface area contributed by atoms with Gasteiger partial charge in [0.15, 0.2) is 0 Å². The first kappa shape index (κ1) is 15.9. The minimum absolute atomic E-state index is 0.578. The Morgan fingerprint density at radius 1 is 1.28 bits per heavy atom. The van der Waals surface area contributed by atoms with Crippen LogP contribution in [0.15, 0.2) is 0 Å². The molecule has 1 heterocycles. The van der Waals surface area contributed by atoms with Crippen LogP contribution in [0.4, 0.5) is 0 Å². The van der Waals surface area contributed by atoms with Crippen molar-refractivity contribution in [1.29, 1.82) is 0 Å². The largest absolute Gasteiger partial charge is 0.313 e. The van der Waals surface area contributed by atoms with Crippen molar-refractivity contribution >= 4 is 0 Å². The summed E-state index contributed by atoms with van der Waals surface area (Å²) >= 11 is 0. The minimum atomic E-state index is 0.578. The van der Waals surface area contributed by atoms with Crippen LogP contribution in [0.2, 0.25) is 0 Å². The van der Waals surface area contributed by atoms with E-state index in [0.29, 0.717) is 18.0 Å². The fourth-order valence-corrected chi connectivity index (χ4v) is 2.93. The summed E-state index contributed by atoms with van der Waals surface area (Å²) in [6.45, 7) is 12.7. The zero-order valence-electron chi connectivity index (χ0n) is 13.2. The Labute approximate surface area is 114 Å². The summed E-state index contributed by atoms with van der Waals surface area (Å²) in [5, 5.41) is 3.59. The topological polar surface area (TPSA) is 18.5 Å². The molecule has 1 N–H and O–H groups in total. The highest BCUT2D eigenvalue weighted by atomic mass is 15.2. The Morgan fingerprint density at radius 2 is 1.94 bits per heavy atom. The van der Waals surface area contributed by atoms with E-state index in [1.807, 2.05) is 0 Å². The zero-order valence-corrected chi connectivity index (χ0v) is 13.2. The number of likely N-dealkylation sites (tertiary alicyclic amines) is 1. The van der Waals surface area contributed by atoms with Gasteiger partial charge in [-0.15, -0.1) is 0 Å². The van der Waals surface area contributed by atoms with Gasteiger partial charge in [0.05, 0.1) is 0 Å². The molecule has 1 aliphatic heterocycles. The maximum Gasteiger partial charge on any atom is 0.0241 e. The summed E-state index contributed by atoms with van der Waals surface area (Å²) in [4.78, 5) is 5.08. The van der Waals surface area contributed by atoms with Crippen molar-refractivity contribution in [3.8, 4) is 0 Å². The standard InChI is InChI=1S/C15H33N3/c1-12(2)15(10-16-13(3)4)18(6)11-14-8-7-9-17(14)5/h12-16H,7-11H2,1-6H3. The van der Waals surface area contributed by atoms with Gasteiger partial charge >= 0.3 is 0 Å². The molecule has 1 saturated heterocycles. The SMILES string of the molecule is CC(C)NCC(C(C)C)N(C)CC1CCCN1C. The summed E-state index contributed by atoms with van der Waals surface area (Å²) < 4.78 is 0. The molecule has 2 atom stereocenters. The van der Waals surface area contributed by atoms with Gasteiger partial charge in [-0.25, -0.2) is 0 Å². The number of likely N-dealkylation sites (N-methyl/N-ethyl adjacent to an activating group) is 2. The van der Waals surface area contributed by atoms with Crippen LogP contribution in [-0.4, -0.2) is 61.7 Å². The third kappa shape index (κ3) is 4.87. The van der Waals surface area contributed by atoms with Crippen LogP contribution in [0.3, 0.4) is 0 Å². The molecule has 0 aliphatic carbocycles. The lowest BCUT2D eigenvalue weighted by molar-refractivity contribution is 0.143. The molecule has 0 bridgehead atoms. The molecule has 3 nitrogen and oxygen atoms in total. The van der Waals surface area contributed by atoms with Gasteiger partial charge in [-0.2, -0.15) is 0 Å². The molecule has 3 heteroatoms. The van der Waals surface area contributed by atoms with Gasteiger partial charge in [0.1, 0.15) is 0 Å². The molecule has 0 amide bonds. The predicted octanol–water partition coefficient (Wildman–Crippen LogP) is 2.03. The number of nitrogens with zero attached hydrogens (tertiary/aromatic N) is 2. The van der Waals surface area contributed by atoms with Crippen molar-refractivity contribution in [3.63, 3.8) is 0 Å². The van der Waals surface area contributed by atoms with Crippen molar-refractivity contribution < 1.29 is 0 Å². The van der Waals surface area contributed by atoms with Crippen molar-refractivity contribution in [2.75, 3.05) is 33.7 Å². The Bertz CT molecular complexity index is 228. The predicted molar refractivity (Wildman–Crippen MR) is 80.0 cm³/mol. The molecule has 1 rings (SSSR count). The lowest BCUT2D eigenvalue weighted by atomic mass is 10.0. The van der Waals surface area contributed by atoms with Crippen LogP contribution in [0.5, 0.6) is 0 Å². The summed E-state index contributed by atoms with van der Waals surface area (Å²) in [5.74, 6) is 0.702. The van der Waals surface area contributed by atoms with E-state index in [0.717, 1.165) is 12.6 Å². The first-order valence-electron chi connectivity index (χ1n) is 7.55. The van der Waals surface area contributed by atoms with E-state index < -0.39 is 0 Å². The van der Waals surface area contributed by atoms with Crippen molar-refractivity contribution in [2.24, 2.45) is 5.92 Å². The number of hydrogen-bond donors (Lipinski definition) is 1. The molecule has 0 aromatic rings. The second kappa shape index (κ2) is 7.46. The molecule has 0 aromatic heterocycles. The molecular weight excluding hydrogens is 222 g/mol. The van der Waals surface area contributed by atoms with Crippen molar-refractivity contribution in [1.82, 2.24) is 15.1 Å². The number of rotatable bonds is 7. The van der Waals surface area contributed by atoms with E-state index in [2.05, 4.69) is 56.9 Å². The van der Waals surface area contributed by atoms with Crippen molar-refractivity contribution in [2.45, 2.75) is 58.7 Å². The van der Waals surface area contributed by atoms with E-state index >= 15 is 0 Å². The quantitative estimate of drug-likeness (QED) is 0.751. The summed E-state index contributed by atoms with van der Waals surface area (Å²) in [5.41, 5.74) is 0. The molecule has 2 unspecified atom stereocenters. The molecule has 108 valence electrons. The van der Waals surface area contributed by atoms with Crippen LogP contribution in [0.25, 0.3) is 0 Å². The Morgan fingerprint density at radius 3 is 2.39 bits per heavy atom. The molecule has 0 aromatic carbocycles. The monoisotopic (exact) mass is 255 g/mol. The molecule has 18 heavy (non-hydrogen) atoms. The molecule has 0 spiro atoms. The maximum absolute atomic E-state index is 3.59. The fraction of sp³-hybridized carbons (Fsp3) is 1.00. The molecule has 0 radical (unpaired) electrons. The van der Waals surface area contributed by atoms with Crippen molar-refractivity contribution in [3.05, 3.63) is 0 Å². The van der Waals surface area contributed by atoms with Gasteiger partial charge in [0.2, 0.25) is 0 Å². The van der Waals surface area contributed by atoms with Crippen LogP contribution < -0.4 is 5.32 Å². The van der Waals surface area contributed by atoms with Gasteiger partial charge in [0.25, 0.3) is 0 Å². The normalized spacial score (nSPS) is 23.5. The lowest BCUT2D eigenvalue weighted by Crippen LogP contribution is -2.49. The Kier molecular flexibility index (Phi) is 6.61. The summed E-state index contributed by atoms with van der Waals surface area (Å²) in [6, 6.07) is 1.98. The summed E-state index contributed by atoms with van der Waals surface area (Å²) in [6.07, 6.45) is 2.73. The Hall–Kier alpha value is -0.120. The molecule has 1 aliphatic rings. The lowest BCUT2D eigenvalue weighted by Gasteiger charge is -2.35. The molecular formula is C15H33N3. The van der Waals surface area contributed by atoms with Crippen LogP contribution >= 0.6 is 0 Å². The average Bonchev–Trinajstić information content (AvgIpc) is 2.63. The minimum Gasteiger partial charge on any atom is -0.313 e. The van der Waals surface area contributed by atoms with Crippen LogP contribution in [0.1, 0.15) is 40.5 Å². The number of nitrogens with one attached hydrogen (secondary N) is 1. The van der Waals surface area contributed by atoms with E-state index in [9.17, 15) is 0 Å². The smallest absolute Gasteiger partial charge is 0.0241 e. The first-order chi connectivity index (χ1) is 8.41. The number of hydrogen-bond acceptors (Lipinski definition) is 3. The highest BCUT2D eigenvalue weighted by Gasteiger charge is 2.26. The van der Waals surface area contributed by atoms with Gasteiger partial charge < -0.3 is 15.1 Å². The first-order valence-corrected chi connectivity index (χ1v) is 7.55. The van der Waals surface area contributed by atoms with E-state index in [4.69, 9.17) is 0 Å². The molecule has 1 fully saturated rings. The third-order valence-electron chi connectivity index (χ3n) is 4.24. The van der Waals surface area contributed by atoms with Crippen LogP contribution in [0, 0.1) is 5.92 Å². The maximum atomic E-state index is 3.59. The highest BCUT2D eigenvalue weighted by Crippen LogP contribution is 2.18. The second-order valence-corrected chi connectivity index (χ2v) is 6.59. The fourth-order valence-electron chi connectivity index (χ4n) is 2.93. The van der Waals surface area contributed by atoms with E-state index in [-0.39, 0.29) is 0 Å². The second-order valence-electron chi connectivity index (χ2n) is 6.59. The van der Waals surface area contributed by atoms with Crippen LogP contribution in [-0.2, 0) is 0 Å². The average molecular weight is 255 g/mol. The van der Waals surface area contributed by atoms with Gasteiger partial charge in [0, 0.05) is 31.2 Å². The molecule has 0 saturated carbocycles. The van der Waals surface area contributed by atoms with E-state index in [1.54, 1.807) is 0 Å². The van der Waals surface area contributed by atoms with Gasteiger partial charge in [-0.05, 0) is 39.4 Å². The Balaban J connectivity index is 2.45. The zero-order chi connectivity index (χ0) is 13.7. The van der Waals surface area contributed by atoms with E-state index in [1.165, 1.54) is 25.9 Å².